The fourth-order valence-electron chi connectivity index (χ4n) is 13.2. The molecular formula is C74H85F3HfN2O4. The Labute approximate surface area is 515 Å². The van der Waals surface area contributed by atoms with E-state index in [4.69, 9.17) is 9.47 Å². The third-order valence-corrected chi connectivity index (χ3v) is 16.1. The number of hydrogen-bond donors (Lipinski definition) is 2. The van der Waals surface area contributed by atoms with E-state index in [1.807, 2.05) is 25.1 Å². The second-order valence-electron chi connectivity index (χ2n) is 26.8. The molecule has 0 amide bonds. The quantitative estimate of drug-likeness (QED) is 0.0493. The summed E-state index contributed by atoms with van der Waals surface area (Å²) in [5.74, 6) is -1.77. The summed E-state index contributed by atoms with van der Waals surface area (Å²) in [5.41, 5.74) is 12.1. The SMILES string of the molecule is Cc1ccc2c(c1)c1cc(C)ccc1n2-c1cc(C(C)(C)CC(C)(C)C)cc(-c2cc(F)cc(C)c2[OH+]CCC[OH+]c2c(F)cc(F)cc2-c2cc(C(C)(C)CC(C)(C)C)cc(-n3c4ccc(C)cc4c4cc(C)ccc43)c2O)c1O.[CH3-].[CH3-].[Hf]. The molecule has 84 heavy (non-hydrogen) atoms. The number of ether oxygens (including phenoxy) is 2. The fraction of sp³-hybridized carbons (Fsp3) is 0.324. The van der Waals surface area contributed by atoms with E-state index < -0.39 is 22.9 Å². The molecule has 0 aliphatic rings. The van der Waals surface area contributed by atoms with Gasteiger partial charge < -0.3 is 43.7 Å². The molecule has 0 aliphatic carbocycles. The Hall–Kier alpha value is -6.78. The van der Waals surface area contributed by atoms with Crippen LogP contribution in [-0.4, -0.2) is 42.0 Å². The molecule has 10 rings (SSSR count). The van der Waals surface area contributed by atoms with Crippen LogP contribution in [0.2, 0.25) is 0 Å². The van der Waals surface area contributed by atoms with Crippen LogP contribution in [0.5, 0.6) is 23.0 Å². The van der Waals surface area contributed by atoms with E-state index in [9.17, 15) is 10.2 Å². The minimum absolute atomic E-state index is 0. The van der Waals surface area contributed by atoms with Crippen LogP contribution in [-0.2, 0) is 36.7 Å². The van der Waals surface area contributed by atoms with Crippen molar-refractivity contribution in [1.82, 2.24) is 9.13 Å². The number of aromatic nitrogens is 2. The number of aromatic hydroxyl groups is 4. The molecule has 0 bridgehead atoms. The Balaban J connectivity index is 0.00000337. The first-order valence-corrected chi connectivity index (χ1v) is 28.4. The molecule has 8 aromatic carbocycles. The van der Waals surface area contributed by atoms with Crippen molar-refractivity contribution < 1.29 is 58.7 Å². The van der Waals surface area contributed by atoms with Gasteiger partial charge in [0.1, 0.15) is 29.6 Å². The van der Waals surface area contributed by atoms with Crippen LogP contribution in [0, 0.1) is 77.8 Å². The van der Waals surface area contributed by atoms with Gasteiger partial charge in [0.15, 0.2) is 13.2 Å². The summed E-state index contributed by atoms with van der Waals surface area (Å²) in [5, 5.41) is 29.7. The maximum Gasteiger partial charge on any atom is 0.299 e. The largest absolute Gasteiger partial charge is 0.582 e. The number of aliphatic hydroxyl groups is 2. The van der Waals surface area contributed by atoms with Gasteiger partial charge in [0, 0.05) is 70.1 Å². The topological polar surface area (TPSA) is 75.9 Å². The number of hydrogen-bond acceptors (Lipinski definition) is 2. The molecule has 0 spiro atoms. The molecule has 0 saturated heterocycles. The van der Waals surface area contributed by atoms with E-state index in [2.05, 4.69) is 185 Å². The van der Waals surface area contributed by atoms with Crippen LogP contribution in [0.25, 0.3) is 77.2 Å². The van der Waals surface area contributed by atoms with Gasteiger partial charge >= 0.3 is 0 Å². The molecule has 0 atom stereocenters. The Kier molecular flexibility index (Phi) is 18.5. The van der Waals surface area contributed by atoms with E-state index >= 15 is 13.2 Å². The summed E-state index contributed by atoms with van der Waals surface area (Å²) >= 11 is 0. The Morgan fingerprint density at radius 2 is 0.750 bits per heavy atom. The smallest absolute Gasteiger partial charge is 0.299 e. The standard InChI is InChI=1S/C72H77F3N2O4.2CH3.Hf/c1-41-17-21-59-50(27-41)51-28-42(2)18-22-60(51)76(59)63-34-46(71(12,13)39-69(6,7)8)32-54(65(63)78)56-36-48(73)31-45(5)67(56)80-25-16-26-81-68-57(37-49(74)38-58(68)75)55-33-47(72(14,15)40-70(9,10)11)35-64(66(55)79)77-61-23-19-43(3)29-52(61)53-30-44(4)20-24-62(53)77;;;/h17-24,27-38,78-79H,16,25-26,39-40H2,1-15H3;2*1H3;/q;2*-1;/p+2. The van der Waals surface area contributed by atoms with Crippen molar-refractivity contribution in [2.75, 3.05) is 13.2 Å². The van der Waals surface area contributed by atoms with Crippen molar-refractivity contribution in [3.63, 3.8) is 0 Å². The predicted octanol–water partition coefficient (Wildman–Crippen LogP) is 20.5. The third kappa shape index (κ3) is 12.6. The van der Waals surface area contributed by atoms with Gasteiger partial charge in [-0.15, -0.1) is 0 Å². The zero-order valence-corrected chi connectivity index (χ0v) is 56.0. The molecule has 0 unspecified atom stereocenters. The van der Waals surface area contributed by atoms with Crippen molar-refractivity contribution in [3.8, 4) is 56.6 Å². The van der Waals surface area contributed by atoms with E-state index in [0.717, 1.165) is 95.9 Å². The van der Waals surface area contributed by atoms with Crippen molar-refractivity contribution in [1.29, 1.82) is 0 Å². The normalized spacial score (nSPS) is 12.2. The molecule has 0 aliphatic heterocycles. The number of phenolic OH excluding ortho intramolecular Hbond substituents is 2. The molecule has 0 saturated carbocycles. The van der Waals surface area contributed by atoms with Crippen molar-refractivity contribution in [2.24, 2.45) is 10.8 Å². The average molecular weight is 1300 g/mol. The Bertz CT molecular complexity index is 3750. The molecule has 0 radical (unpaired) electrons. The van der Waals surface area contributed by atoms with E-state index in [-0.39, 0.29) is 98.5 Å². The van der Waals surface area contributed by atoms with Gasteiger partial charge in [0.2, 0.25) is 5.82 Å². The van der Waals surface area contributed by atoms with Gasteiger partial charge in [-0.1, -0.05) is 116 Å². The molecule has 10 heteroatoms. The van der Waals surface area contributed by atoms with Crippen LogP contribution in [0.1, 0.15) is 127 Å². The Morgan fingerprint density at radius 1 is 0.417 bits per heavy atom. The first kappa shape index (κ1) is 64.8. The van der Waals surface area contributed by atoms with Crippen molar-refractivity contribution in [3.05, 3.63) is 193 Å². The Morgan fingerprint density at radius 3 is 1.11 bits per heavy atom. The number of fused-ring (bicyclic) bond motifs is 6. The molecule has 440 valence electrons. The first-order valence-electron chi connectivity index (χ1n) is 28.4. The molecular weight excluding hydrogens is 1220 g/mol. The first-order chi connectivity index (χ1) is 38.0. The number of halogens is 3. The van der Waals surface area contributed by atoms with Gasteiger partial charge in [0.25, 0.3) is 11.5 Å². The molecule has 10 aromatic rings. The number of nitrogens with zero attached hydrogens (tertiary/aromatic N) is 2. The second kappa shape index (κ2) is 23.9. The van der Waals surface area contributed by atoms with Crippen molar-refractivity contribution >= 4 is 43.6 Å². The molecule has 6 nitrogen and oxygen atoms in total. The van der Waals surface area contributed by atoms with Crippen LogP contribution in [0.4, 0.5) is 13.2 Å². The fourth-order valence-corrected chi connectivity index (χ4v) is 13.2. The van der Waals surface area contributed by atoms with Crippen LogP contribution in [0.3, 0.4) is 0 Å². The van der Waals surface area contributed by atoms with Gasteiger partial charge in [-0.3, -0.25) is 0 Å². The second-order valence-corrected chi connectivity index (χ2v) is 26.8. The molecule has 0 fully saturated rings. The summed E-state index contributed by atoms with van der Waals surface area (Å²) in [6.45, 7) is 32.5. The van der Waals surface area contributed by atoms with E-state index in [0.29, 0.717) is 40.2 Å². The van der Waals surface area contributed by atoms with Gasteiger partial charge in [-0.25, -0.2) is 8.78 Å². The van der Waals surface area contributed by atoms with Gasteiger partial charge in [-0.05, 0) is 171 Å². The van der Waals surface area contributed by atoms with Crippen molar-refractivity contribution in [2.45, 2.75) is 134 Å². The van der Waals surface area contributed by atoms with Gasteiger partial charge in [0.05, 0.1) is 44.6 Å². The van der Waals surface area contributed by atoms with Crippen LogP contribution < -0.4 is 0 Å². The monoisotopic (exact) mass is 1300 g/mol. The molecule has 4 N–H and O–H groups in total. The predicted molar refractivity (Wildman–Crippen MR) is 344 cm³/mol. The number of rotatable bonds is 14. The summed E-state index contributed by atoms with van der Waals surface area (Å²) in [6.07, 6.45) is 1.96. The van der Waals surface area contributed by atoms with Gasteiger partial charge in [-0.2, -0.15) is 4.39 Å². The van der Waals surface area contributed by atoms with E-state index in [1.165, 1.54) is 18.2 Å². The molecule has 2 aromatic heterocycles. The number of aryl methyl sites for hydroxylation is 5. The summed E-state index contributed by atoms with van der Waals surface area (Å²) < 4.78 is 62.4. The third-order valence-electron chi connectivity index (χ3n) is 16.1. The zero-order chi connectivity index (χ0) is 58.4. The number of phenols is 2. The van der Waals surface area contributed by atoms with Crippen LogP contribution in [0.15, 0.2) is 121 Å². The molecule has 2 heterocycles. The maximum atomic E-state index is 16.5. The average Bonchev–Trinajstić information content (AvgIpc) is 1.73. The van der Waals surface area contributed by atoms with Crippen LogP contribution >= 0.6 is 0 Å². The summed E-state index contributed by atoms with van der Waals surface area (Å²) in [6, 6.07) is 38.3. The maximum absolute atomic E-state index is 16.5. The summed E-state index contributed by atoms with van der Waals surface area (Å²) in [7, 11) is 0. The zero-order valence-electron chi connectivity index (χ0n) is 52.4. The number of benzene rings is 8. The minimum Gasteiger partial charge on any atom is -0.582 e. The minimum atomic E-state index is -0.851. The van der Waals surface area contributed by atoms with E-state index in [1.54, 1.807) is 0 Å². The summed E-state index contributed by atoms with van der Waals surface area (Å²) in [4.78, 5) is 0.